The van der Waals surface area contributed by atoms with E-state index in [0.717, 1.165) is 40.9 Å². The molecule has 1 amide bonds. The highest BCUT2D eigenvalue weighted by Gasteiger charge is 2.36. The summed E-state index contributed by atoms with van der Waals surface area (Å²) in [6.45, 7) is 0.518. The number of amides is 1. The summed E-state index contributed by atoms with van der Waals surface area (Å²) in [5.41, 5.74) is 5.42. The molecule has 5 rings (SSSR count). The Morgan fingerprint density at radius 1 is 1.08 bits per heavy atom. The van der Waals surface area contributed by atoms with Crippen molar-refractivity contribution in [3.8, 4) is 0 Å². The molecule has 0 saturated carbocycles. The molecular weight excluding hydrogens is 312 g/mol. The van der Waals surface area contributed by atoms with Crippen LogP contribution in [0.3, 0.4) is 0 Å². The van der Waals surface area contributed by atoms with Crippen LogP contribution in [0.2, 0.25) is 0 Å². The Balaban J connectivity index is 1.60. The van der Waals surface area contributed by atoms with Crippen LogP contribution in [-0.2, 0) is 17.8 Å². The zero-order valence-corrected chi connectivity index (χ0v) is 13.8. The molecule has 3 heterocycles. The van der Waals surface area contributed by atoms with Crippen molar-refractivity contribution in [3.05, 3.63) is 71.5 Å². The average Bonchev–Trinajstić information content (AvgIpc) is 3.02. The van der Waals surface area contributed by atoms with Gasteiger partial charge in [0, 0.05) is 24.1 Å². The van der Waals surface area contributed by atoms with Gasteiger partial charge in [0.05, 0.1) is 23.5 Å². The Hall–Kier alpha value is -2.95. The highest BCUT2D eigenvalue weighted by Crippen LogP contribution is 2.34. The fourth-order valence-electron chi connectivity index (χ4n) is 3.87. The highest BCUT2D eigenvalue weighted by atomic mass is 16.2. The third kappa shape index (κ3) is 2.35. The quantitative estimate of drug-likeness (QED) is 0.725. The number of aromatic nitrogens is 2. The Kier molecular flexibility index (Phi) is 3.20. The summed E-state index contributed by atoms with van der Waals surface area (Å²) in [5, 5.41) is 11.1. The Labute approximate surface area is 145 Å². The number of rotatable bonds is 2. The number of hydrazone groups is 1. The van der Waals surface area contributed by atoms with E-state index in [1.54, 1.807) is 5.01 Å². The van der Waals surface area contributed by atoms with Gasteiger partial charge in [-0.15, -0.1) is 0 Å². The summed E-state index contributed by atoms with van der Waals surface area (Å²) in [6, 6.07) is 16.1. The van der Waals surface area contributed by atoms with Crippen LogP contribution in [0.4, 0.5) is 0 Å². The number of benzene rings is 1. The number of nitrogens with zero attached hydrogens (tertiary/aromatic N) is 4. The first-order valence-corrected chi connectivity index (χ1v) is 8.69. The number of pyridine rings is 1. The van der Waals surface area contributed by atoms with Crippen molar-refractivity contribution in [2.24, 2.45) is 11.0 Å². The first kappa shape index (κ1) is 14.4. The van der Waals surface area contributed by atoms with Gasteiger partial charge in [-0.25, -0.2) is 9.52 Å². The lowest BCUT2D eigenvalue weighted by molar-refractivity contribution is -0.133. The van der Waals surface area contributed by atoms with E-state index in [1.165, 1.54) is 0 Å². The summed E-state index contributed by atoms with van der Waals surface area (Å²) in [5.74, 6) is 0.317. The van der Waals surface area contributed by atoms with E-state index in [-0.39, 0.29) is 11.8 Å². The van der Waals surface area contributed by atoms with Crippen LogP contribution in [0.5, 0.6) is 0 Å². The molecule has 0 N–H and O–H groups in total. The molecule has 1 aliphatic heterocycles. The molecule has 3 aromatic rings. The Bertz CT molecular complexity index is 989. The van der Waals surface area contributed by atoms with Crippen LogP contribution >= 0.6 is 0 Å². The molecule has 25 heavy (non-hydrogen) atoms. The molecule has 0 radical (unpaired) electrons. The molecule has 1 unspecified atom stereocenters. The van der Waals surface area contributed by atoms with E-state index in [1.807, 2.05) is 53.2 Å². The molecule has 124 valence electrons. The second-order valence-electron chi connectivity index (χ2n) is 6.71. The van der Waals surface area contributed by atoms with Crippen molar-refractivity contribution in [2.45, 2.75) is 25.8 Å². The molecule has 0 spiro atoms. The van der Waals surface area contributed by atoms with Crippen LogP contribution in [0.1, 0.15) is 29.7 Å². The predicted octanol–water partition coefficient (Wildman–Crippen LogP) is 3.03. The van der Waals surface area contributed by atoms with Gasteiger partial charge in [-0.1, -0.05) is 36.4 Å². The molecule has 1 atom stereocenters. The smallest absolute Gasteiger partial charge is 0.243 e. The zero-order chi connectivity index (χ0) is 16.8. The molecule has 0 saturated heterocycles. The van der Waals surface area contributed by atoms with Crippen LogP contribution < -0.4 is 0 Å². The lowest BCUT2D eigenvalue weighted by Gasteiger charge is -2.32. The molecule has 2 aromatic heterocycles. The van der Waals surface area contributed by atoms with Gasteiger partial charge in [-0.05, 0) is 30.5 Å². The minimum absolute atomic E-state index is 0.109. The van der Waals surface area contributed by atoms with Crippen molar-refractivity contribution in [1.29, 1.82) is 0 Å². The highest BCUT2D eigenvalue weighted by molar-refractivity contribution is 6.11. The van der Waals surface area contributed by atoms with Gasteiger partial charge >= 0.3 is 0 Å². The van der Waals surface area contributed by atoms with Crippen molar-refractivity contribution < 1.29 is 4.79 Å². The molecule has 0 bridgehead atoms. The van der Waals surface area contributed by atoms with Gasteiger partial charge in [0.2, 0.25) is 5.91 Å². The SMILES string of the molecule is O=C1CC2CCc3nn4ccccc4c3C2=NN1Cc1ccccc1. The fraction of sp³-hybridized carbons (Fsp3) is 0.250. The third-order valence-corrected chi connectivity index (χ3v) is 5.10. The largest absolute Gasteiger partial charge is 0.273 e. The number of hydrogen-bond donors (Lipinski definition) is 0. The van der Waals surface area contributed by atoms with Gasteiger partial charge in [0.1, 0.15) is 0 Å². The van der Waals surface area contributed by atoms with Crippen molar-refractivity contribution in [1.82, 2.24) is 14.6 Å². The molecule has 2 aliphatic rings. The molecule has 5 heteroatoms. The van der Waals surface area contributed by atoms with Crippen LogP contribution in [0, 0.1) is 5.92 Å². The molecule has 1 aromatic carbocycles. The maximum absolute atomic E-state index is 12.6. The monoisotopic (exact) mass is 330 g/mol. The summed E-state index contributed by atoms with van der Waals surface area (Å²) in [6.07, 6.45) is 4.36. The van der Waals surface area contributed by atoms with Crippen molar-refractivity contribution in [3.63, 3.8) is 0 Å². The second kappa shape index (κ2) is 5.55. The van der Waals surface area contributed by atoms with E-state index in [0.29, 0.717) is 13.0 Å². The maximum Gasteiger partial charge on any atom is 0.243 e. The summed E-state index contributed by atoms with van der Waals surface area (Å²) < 4.78 is 1.92. The normalized spacial score (nSPS) is 19.5. The summed E-state index contributed by atoms with van der Waals surface area (Å²) in [7, 11) is 0. The third-order valence-electron chi connectivity index (χ3n) is 5.10. The van der Waals surface area contributed by atoms with Crippen LogP contribution in [0.15, 0.2) is 59.8 Å². The second-order valence-corrected chi connectivity index (χ2v) is 6.71. The van der Waals surface area contributed by atoms with E-state index < -0.39 is 0 Å². The number of fused-ring (bicyclic) bond motifs is 5. The molecule has 0 fully saturated rings. The number of carbonyl (C=O) groups is 1. The minimum atomic E-state index is 0.109. The Morgan fingerprint density at radius 3 is 2.80 bits per heavy atom. The zero-order valence-electron chi connectivity index (χ0n) is 13.8. The van der Waals surface area contributed by atoms with Gasteiger partial charge in [-0.2, -0.15) is 10.2 Å². The van der Waals surface area contributed by atoms with Crippen molar-refractivity contribution >= 4 is 17.1 Å². The number of carbonyl (C=O) groups excluding carboxylic acids is 1. The maximum atomic E-state index is 12.6. The van der Waals surface area contributed by atoms with E-state index in [2.05, 4.69) is 6.07 Å². The molecule has 5 nitrogen and oxygen atoms in total. The van der Waals surface area contributed by atoms with E-state index in [9.17, 15) is 4.79 Å². The first-order chi connectivity index (χ1) is 12.3. The van der Waals surface area contributed by atoms with Crippen LogP contribution in [0.25, 0.3) is 5.52 Å². The van der Waals surface area contributed by atoms with Gasteiger partial charge in [0.15, 0.2) is 0 Å². The molecule has 1 aliphatic carbocycles. The lowest BCUT2D eigenvalue weighted by Crippen LogP contribution is -2.38. The van der Waals surface area contributed by atoms with Crippen LogP contribution in [-0.4, -0.2) is 26.2 Å². The fourth-order valence-corrected chi connectivity index (χ4v) is 3.87. The summed E-state index contributed by atoms with van der Waals surface area (Å²) >= 11 is 0. The van der Waals surface area contributed by atoms with E-state index >= 15 is 0 Å². The van der Waals surface area contributed by atoms with Gasteiger partial charge in [-0.3, -0.25) is 4.79 Å². The minimum Gasteiger partial charge on any atom is -0.273 e. The standard InChI is InChI=1S/C20H18N4O/c25-18-12-15-9-10-16-19(17-8-4-5-11-23(17)21-16)20(15)22-24(18)13-14-6-2-1-3-7-14/h1-8,11,15H,9-10,12-13H2. The van der Waals surface area contributed by atoms with Gasteiger partial charge < -0.3 is 0 Å². The predicted molar refractivity (Wildman–Crippen MR) is 95.1 cm³/mol. The van der Waals surface area contributed by atoms with Gasteiger partial charge in [0.25, 0.3) is 0 Å². The Morgan fingerprint density at radius 2 is 1.92 bits per heavy atom. The molecular formula is C20H18N4O. The van der Waals surface area contributed by atoms with E-state index in [4.69, 9.17) is 10.2 Å². The van der Waals surface area contributed by atoms with Crippen molar-refractivity contribution in [2.75, 3.05) is 0 Å². The topological polar surface area (TPSA) is 50.0 Å². The first-order valence-electron chi connectivity index (χ1n) is 8.69. The lowest BCUT2D eigenvalue weighted by atomic mass is 9.82. The number of hydrogen-bond acceptors (Lipinski definition) is 3. The number of aryl methyl sites for hydroxylation is 1. The average molecular weight is 330 g/mol. The summed E-state index contributed by atoms with van der Waals surface area (Å²) in [4.78, 5) is 12.6.